The zero-order chi connectivity index (χ0) is 22.7. The van der Waals surface area contributed by atoms with Crippen molar-refractivity contribution >= 4 is 17.7 Å². The maximum atomic E-state index is 12.7. The predicted molar refractivity (Wildman–Crippen MR) is 118 cm³/mol. The Labute approximate surface area is 188 Å². The van der Waals surface area contributed by atoms with Crippen LogP contribution < -0.4 is 5.32 Å². The summed E-state index contributed by atoms with van der Waals surface area (Å²) >= 11 is 1.67. The molecular weight excluding hydrogens is 435 g/mol. The van der Waals surface area contributed by atoms with E-state index in [1.165, 1.54) is 17.0 Å². The molecule has 0 atom stereocenters. The van der Waals surface area contributed by atoms with Gasteiger partial charge in [-0.25, -0.2) is 0 Å². The second-order valence-electron chi connectivity index (χ2n) is 7.70. The van der Waals surface area contributed by atoms with Crippen molar-refractivity contribution in [1.29, 1.82) is 0 Å². The smallest absolute Gasteiger partial charge is 0.348 e. The molecule has 8 heteroatoms. The fourth-order valence-corrected chi connectivity index (χ4v) is 4.06. The fraction of sp³-hybridized carbons (Fsp3) is 0.250. The molecule has 0 unspecified atom stereocenters. The number of alkyl halides is 3. The number of aromatic nitrogens is 1. The van der Waals surface area contributed by atoms with Gasteiger partial charge in [-0.15, -0.1) is 11.8 Å². The average molecular weight is 458 g/mol. The summed E-state index contributed by atoms with van der Waals surface area (Å²) in [5.41, 5.74) is 3.53. The number of hydrogen-bond acceptors (Lipinski definition) is 4. The monoisotopic (exact) mass is 457 g/mol. The first kappa shape index (κ1) is 22.4. The lowest BCUT2D eigenvalue weighted by Crippen LogP contribution is -2.23. The summed E-state index contributed by atoms with van der Waals surface area (Å²) in [4.78, 5) is 20.3. The van der Waals surface area contributed by atoms with Gasteiger partial charge in [0.1, 0.15) is 0 Å². The highest BCUT2D eigenvalue weighted by atomic mass is 32.2. The summed E-state index contributed by atoms with van der Waals surface area (Å²) < 4.78 is 38.2. The Balaban J connectivity index is 1.35. The van der Waals surface area contributed by atoms with Crippen LogP contribution in [0.3, 0.4) is 0 Å². The minimum absolute atomic E-state index is 0.185. The summed E-state index contributed by atoms with van der Waals surface area (Å²) in [6, 6.07) is 15.1. The van der Waals surface area contributed by atoms with Gasteiger partial charge in [0.2, 0.25) is 0 Å². The summed E-state index contributed by atoms with van der Waals surface area (Å²) in [6.45, 7) is 2.15. The number of carbonyl (C=O) groups excluding carboxylic acids is 1. The van der Waals surface area contributed by atoms with Gasteiger partial charge >= 0.3 is 6.18 Å². The van der Waals surface area contributed by atoms with Gasteiger partial charge in [0, 0.05) is 37.3 Å². The third-order valence-electron chi connectivity index (χ3n) is 5.39. The van der Waals surface area contributed by atoms with Crippen molar-refractivity contribution in [3.63, 3.8) is 0 Å². The van der Waals surface area contributed by atoms with E-state index in [0.29, 0.717) is 31.7 Å². The Bertz CT molecular complexity index is 1100. The number of carbonyl (C=O) groups is 1. The average Bonchev–Trinajstić information content (AvgIpc) is 3.19. The number of nitrogens with one attached hydrogen (secondary N) is 1. The Morgan fingerprint density at radius 1 is 1.06 bits per heavy atom. The first-order valence-electron chi connectivity index (χ1n) is 10.1. The van der Waals surface area contributed by atoms with Gasteiger partial charge in [0.25, 0.3) is 5.91 Å². The van der Waals surface area contributed by atoms with Crippen molar-refractivity contribution in [3.05, 3.63) is 94.3 Å². The first-order chi connectivity index (χ1) is 15.3. The van der Waals surface area contributed by atoms with E-state index in [2.05, 4.69) is 15.2 Å². The van der Waals surface area contributed by atoms with E-state index >= 15 is 0 Å². The summed E-state index contributed by atoms with van der Waals surface area (Å²) in [5.74, 6) is -0.185. The van der Waals surface area contributed by atoms with Crippen molar-refractivity contribution in [2.75, 3.05) is 6.26 Å². The van der Waals surface area contributed by atoms with E-state index in [9.17, 15) is 18.0 Å². The standard InChI is InChI=1S/C24H22F3N3OS/c1-32-21-8-4-16(5-9-21)11-29-23(31)18-10-19-14-30(15-22(19)28-12-18)13-17-2-6-20(7-3-17)24(25,26)27/h2-10,12H,11,13-15H2,1H3,(H,29,31). The molecule has 1 aliphatic heterocycles. The van der Waals surface area contributed by atoms with Gasteiger partial charge in [0.15, 0.2) is 0 Å². The van der Waals surface area contributed by atoms with Gasteiger partial charge in [-0.1, -0.05) is 24.3 Å². The van der Waals surface area contributed by atoms with Crippen LogP contribution in [0.15, 0.2) is 65.7 Å². The number of thioether (sulfide) groups is 1. The highest BCUT2D eigenvalue weighted by Gasteiger charge is 2.30. The molecule has 1 N–H and O–H groups in total. The second-order valence-corrected chi connectivity index (χ2v) is 8.58. The van der Waals surface area contributed by atoms with Crippen LogP contribution in [0.4, 0.5) is 13.2 Å². The molecule has 4 rings (SSSR count). The second kappa shape index (κ2) is 9.34. The molecule has 0 spiro atoms. The molecule has 0 bridgehead atoms. The third-order valence-corrected chi connectivity index (χ3v) is 6.13. The van der Waals surface area contributed by atoms with Crippen molar-refractivity contribution in [1.82, 2.24) is 15.2 Å². The first-order valence-corrected chi connectivity index (χ1v) is 11.3. The molecule has 0 saturated heterocycles. The van der Waals surface area contributed by atoms with Crippen LogP contribution >= 0.6 is 11.8 Å². The van der Waals surface area contributed by atoms with Crippen LogP contribution in [0, 0.1) is 0 Å². The van der Waals surface area contributed by atoms with E-state index < -0.39 is 11.7 Å². The van der Waals surface area contributed by atoms with Crippen LogP contribution in [0.1, 0.15) is 38.3 Å². The molecule has 0 aliphatic carbocycles. The lowest BCUT2D eigenvalue weighted by atomic mass is 10.1. The Morgan fingerprint density at radius 2 is 1.75 bits per heavy atom. The van der Waals surface area contributed by atoms with E-state index in [4.69, 9.17) is 0 Å². The Hall–Kier alpha value is -2.84. The lowest BCUT2D eigenvalue weighted by molar-refractivity contribution is -0.137. The van der Waals surface area contributed by atoms with Gasteiger partial charge in [-0.05, 0) is 53.3 Å². The van der Waals surface area contributed by atoms with Crippen molar-refractivity contribution < 1.29 is 18.0 Å². The molecule has 4 nitrogen and oxygen atoms in total. The summed E-state index contributed by atoms with van der Waals surface area (Å²) in [5, 5.41) is 2.92. The maximum Gasteiger partial charge on any atom is 0.416 e. The largest absolute Gasteiger partial charge is 0.416 e. The molecule has 1 aromatic heterocycles. The predicted octanol–water partition coefficient (Wildman–Crippen LogP) is 5.27. The van der Waals surface area contributed by atoms with Gasteiger partial charge in [-0.2, -0.15) is 13.2 Å². The van der Waals surface area contributed by atoms with E-state index in [1.54, 1.807) is 18.0 Å². The summed E-state index contributed by atoms with van der Waals surface area (Å²) in [6.07, 6.45) is -0.740. The zero-order valence-electron chi connectivity index (χ0n) is 17.4. The molecule has 1 amide bonds. The van der Waals surface area contributed by atoms with Crippen molar-refractivity contribution in [3.8, 4) is 0 Å². The molecule has 0 saturated carbocycles. The van der Waals surface area contributed by atoms with Crippen LogP contribution in [0.5, 0.6) is 0 Å². The topological polar surface area (TPSA) is 45.2 Å². The number of pyridine rings is 1. The van der Waals surface area contributed by atoms with Gasteiger partial charge < -0.3 is 5.32 Å². The highest BCUT2D eigenvalue weighted by Crippen LogP contribution is 2.30. The molecule has 166 valence electrons. The van der Waals surface area contributed by atoms with E-state index in [1.807, 2.05) is 36.6 Å². The number of rotatable bonds is 6. The van der Waals surface area contributed by atoms with Crippen molar-refractivity contribution in [2.45, 2.75) is 37.3 Å². The zero-order valence-corrected chi connectivity index (χ0v) is 18.3. The summed E-state index contributed by atoms with van der Waals surface area (Å²) in [7, 11) is 0. The SMILES string of the molecule is CSc1ccc(CNC(=O)c2cnc3c(c2)CN(Cc2ccc(C(F)(F)F)cc2)C3)cc1. The molecular formula is C24H22F3N3OS. The Morgan fingerprint density at radius 3 is 2.41 bits per heavy atom. The molecule has 0 fully saturated rings. The lowest BCUT2D eigenvalue weighted by Gasteiger charge is -2.15. The highest BCUT2D eigenvalue weighted by molar-refractivity contribution is 7.98. The molecule has 3 aromatic rings. The number of halogens is 3. The van der Waals surface area contributed by atoms with Gasteiger partial charge in [0.05, 0.1) is 16.8 Å². The van der Waals surface area contributed by atoms with Gasteiger partial charge in [-0.3, -0.25) is 14.7 Å². The number of fused-ring (bicyclic) bond motifs is 1. The minimum Gasteiger partial charge on any atom is -0.348 e. The molecule has 32 heavy (non-hydrogen) atoms. The number of benzene rings is 2. The number of amides is 1. The van der Waals surface area contributed by atoms with Crippen LogP contribution in [0.25, 0.3) is 0 Å². The third kappa shape index (κ3) is 5.31. The normalized spacial score (nSPS) is 13.8. The van der Waals surface area contributed by atoms with Crippen molar-refractivity contribution in [2.24, 2.45) is 0 Å². The molecule has 2 heterocycles. The number of hydrogen-bond donors (Lipinski definition) is 1. The van der Waals surface area contributed by atoms with Crippen LogP contribution in [0.2, 0.25) is 0 Å². The Kier molecular flexibility index (Phi) is 6.53. The van der Waals surface area contributed by atoms with E-state index in [0.717, 1.165) is 34.5 Å². The molecule has 2 aromatic carbocycles. The molecule has 0 radical (unpaired) electrons. The maximum absolute atomic E-state index is 12.7. The number of nitrogens with zero attached hydrogens (tertiary/aromatic N) is 2. The fourth-order valence-electron chi connectivity index (χ4n) is 3.65. The minimum atomic E-state index is -4.33. The molecule has 1 aliphatic rings. The van der Waals surface area contributed by atoms with E-state index in [-0.39, 0.29) is 5.91 Å². The van der Waals surface area contributed by atoms with Crippen LogP contribution in [-0.2, 0) is 32.4 Å². The van der Waals surface area contributed by atoms with Crippen LogP contribution in [-0.4, -0.2) is 22.0 Å². The quantitative estimate of drug-likeness (QED) is 0.513.